The lowest BCUT2D eigenvalue weighted by atomic mass is 10.0. The Morgan fingerprint density at radius 2 is 2.00 bits per heavy atom. The van der Waals surface area contributed by atoms with Crippen LogP contribution in [-0.2, 0) is 0 Å². The van der Waals surface area contributed by atoms with E-state index < -0.39 is 0 Å². The second-order valence-corrected chi connectivity index (χ2v) is 5.07. The van der Waals surface area contributed by atoms with Gasteiger partial charge < -0.3 is 4.90 Å². The van der Waals surface area contributed by atoms with Gasteiger partial charge in [0, 0.05) is 31.8 Å². The first-order valence-electron chi connectivity index (χ1n) is 6.51. The Morgan fingerprint density at radius 1 is 1.24 bits per heavy atom. The van der Waals surface area contributed by atoms with Gasteiger partial charge in [0.15, 0.2) is 0 Å². The number of hydrogen-bond donors (Lipinski definition) is 0. The number of nitrogens with zero attached hydrogens (tertiary/aromatic N) is 2. The first-order valence-corrected chi connectivity index (χ1v) is 6.51. The second kappa shape index (κ2) is 6.05. The van der Waals surface area contributed by atoms with Gasteiger partial charge >= 0.3 is 0 Å². The number of piperazine rings is 1. The molecule has 0 atom stereocenters. The Morgan fingerprint density at radius 3 is 2.71 bits per heavy atom. The summed E-state index contributed by atoms with van der Waals surface area (Å²) in [5.74, 6) is 6.59. The topological polar surface area (TPSA) is 6.48 Å². The lowest BCUT2D eigenvalue weighted by molar-refractivity contribution is 0.168. The van der Waals surface area contributed by atoms with E-state index in [0.717, 1.165) is 26.1 Å². The van der Waals surface area contributed by atoms with Crippen LogP contribution in [0.25, 0.3) is 0 Å². The normalized spacial score (nSPS) is 22.5. The van der Waals surface area contributed by atoms with Gasteiger partial charge in [0.2, 0.25) is 0 Å². The van der Waals surface area contributed by atoms with Crippen molar-refractivity contribution in [2.75, 3.05) is 39.8 Å². The van der Waals surface area contributed by atoms with Gasteiger partial charge in [0.25, 0.3) is 0 Å². The van der Waals surface area contributed by atoms with Crippen molar-refractivity contribution in [2.45, 2.75) is 19.8 Å². The number of likely N-dealkylation sites (N-methyl/N-ethyl adjacent to an activating group) is 1. The van der Waals surface area contributed by atoms with Gasteiger partial charge in [-0.05, 0) is 32.9 Å². The molecule has 0 saturated carbocycles. The summed E-state index contributed by atoms with van der Waals surface area (Å²) in [6.45, 7) is 7.75. The van der Waals surface area contributed by atoms with Crippen LogP contribution in [0.2, 0.25) is 0 Å². The fourth-order valence-electron chi connectivity index (χ4n) is 2.20. The highest BCUT2D eigenvalue weighted by molar-refractivity contribution is 5.42. The van der Waals surface area contributed by atoms with Gasteiger partial charge in [0.05, 0.1) is 6.54 Å². The van der Waals surface area contributed by atoms with Crippen molar-refractivity contribution < 1.29 is 0 Å². The van der Waals surface area contributed by atoms with E-state index in [0.29, 0.717) is 0 Å². The molecule has 92 valence electrons. The summed E-state index contributed by atoms with van der Waals surface area (Å²) in [6.07, 6.45) is 6.83. The van der Waals surface area contributed by atoms with Crippen molar-refractivity contribution in [3.8, 4) is 11.8 Å². The number of allylic oxidation sites excluding steroid dienone is 4. The molecule has 2 rings (SSSR count). The van der Waals surface area contributed by atoms with Crippen molar-refractivity contribution in [3.05, 3.63) is 23.3 Å². The zero-order chi connectivity index (χ0) is 12.1. The Balaban J connectivity index is 1.80. The van der Waals surface area contributed by atoms with Gasteiger partial charge in [0.1, 0.15) is 0 Å². The highest BCUT2D eigenvalue weighted by Crippen LogP contribution is 2.15. The van der Waals surface area contributed by atoms with Crippen LogP contribution >= 0.6 is 0 Å². The smallest absolute Gasteiger partial charge is 0.0606 e. The summed E-state index contributed by atoms with van der Waals surface area (Å²) in [6, 6.07) is 0. The number of hydrogen-bond acceptors (Lipinski definition) is 2. The number of rotatable bonds is 1. The molecule has 2 heteroatoms. The minimum atomic E-state index is 0.915. The van der Waals surface area contributed by atoms with E-state index >= 15 is 0 Å². The van der Waals surface area contributed by atoms with Crippen LogP contribution in [-0.4, -0.2) is 49.6 Å². The molecule has 0 aromatic rings. The van der Waals surface area contributed by atoms with Gasteiger partial charge in [-0.3, -0.25) is 4.90 Å². The minimum absolute atomic E-state index is 0.915. The first kappa shape index (κ1) is 12.4. The summed E-state index contributed by atoms with van der Waals surface area (Å²) >= 11 is 0. The minimum Gasteiger partial charge on any atom is -0.304 e. The molecule has 2 nitrogen and oxygen atoms in total. The van der Waals surface area contributed by atoms with Crippen LogP contribution in [0.1, 0.15) is 19.8 Å². The molecule has 1 saturated heterocycles. The van der Waals surface area contributed by atoms with Gasteiger partial charge in [-0.15, -0.1) is 0 Å². The van der Waals surface area contributed by atoms with Crippen molar-refractivity contribution in [1.82, 2.24) is 9.80 Å². The molecule has 0 bridgehead atoms. The molecule has 1 heterocycles. The predicted molar refractivity (Wildman–Crippen MR) is 72.8 cm³/mol. The third-order valence-corrected chi connectivity index (χ3v) is 3.44. The SMILES string of the molecule is CC1=CC(C#CCN2CCN(C)CC2)=CCC1. The van der Waals surface area contributed by atoms with Gasteiger partial charge in [-0.25, -0.2) is 0 Å². The largest absolute Gasteiger partial charge is 0.304 e. The van der Waals surface area contributed by atoms with E-state index in [1.807, 2.05) is 0 Å². The van der Waals surface area contributed by atoms with Crippen LogP contribution in [0.5, 0.6) is 0 Å². The van der Waals surface area contributed by atoms with E-state index in [9.17, 15) is 0 Å². The maximum Gasteiger partial charge on any atom is 0.0606 e. The third-order valence-electron chi connectivity index (χ3n) is 3.44. The molecule has 0 amide bonds. The quantitative estimate of drug-likeness (QED) is 0.635. The second-order valence-electron chi connectivity index (χ2n) is 5.07. The fraction of sp³-hybridized carbons (Fsp3) is 0.600. The Labute approximate surface area is 105 Å². The van der Waals surface area contributed by atoms with E-state index in [1.165, 1.54) is 30.7 Å². The molecule has 0 unspecified atom stereocenters. The molecule has 1 aliphatic carbocycles. The lowest BCUT2D eigenvalue weighted by Crippen LogP contribution is -2.44. The molecule has 0 N–H and O–H groups in total. The summed E-state index contributed by atoms with van der Waals surface area (Å²) in [5.41, 5.74) is 2.67. The molecule has 2 aliphatic rings. The zero-order valence-electron chi connectivity index (χ0n) is 11.0. The molecule has 0 aromatic heterocycles. The summed E-state index contributed by atoms with van der Waals surface area (Å²) in [7, 11) is 2.18. The molecule has 0 aromatic carbocycles. The Hall–Kier alpha value is -1.04. The molecule has 1 aliphatic heterocycles. The molecule has 0 radical (unpaired) electrons. The molecule has 17 heavy (non-hydrogen) atoms. The average molecular weight is 230 g/mol. The van der Waals surface area contributed by atoms with Gasteiger partial charge in [-0.2, -0.15) is 0 Å². The zero-order valence-corrected chi connectivity index (χ0v) is 11.0. The van der Waals surface area contributed by atoms with Crippen molar-refractivity contribution in [3.63, 3.8) is 0 Å². The molecule has 1 fully saturated rings. The standard InChI is InChI=1S/C15H22N2/c1-14-5-3-6-15(13-14)7-4-8-17-11-9-16(2)10-12-17/h6,13H,3,5,8-12H2,1-2H3. The lowest BCUT2D eigenvalue weighted by Gasteiger charge is -2.30. The van der Waals surface area contributed by atoms with Crippen LogP contribution in [0, 0.1) is 11.8 Å². The molecular weight excluding hydrogens is 208 g/mol. The first-order chi connectivity index (χ1) is 8.24. The Kier molecular flexibility index (Phi) is 4.42. The van der Waals surface area contributed by atoms with E-state index in [1.54, 1.807) is 0 Å². The van der Waals surface area contributed by atoms with E-state index in [2.05, 4.69) is 47.8 Å². The third kappa shape index (κ3) is 4.03. The fourth-order valence-corrected chi connectivity index (χ4v) is 2.20. The molecule has 0 spiro atoms. The average Bonchev–Trinajstić information content (AvgIpc) is 2.32. The molecular formula is C15H22N2. The van der Waals surface area contributed by atoms with E-state index in [-0.39, 0.29) is 0 Å². The Bertz CT molecular complexity index is 373. The van der Waals surface area contributed by atoms with Crippen LogP contribution in [0.15, 0.2) is 23.3 Å². The van der Waals surface area contributed by atoms with Crippen LogP contribution < -0.4 is 0 Å². The maximum absolute atomic E-state index is 3.30. The summed E-state index contributed by atoms with van der Waals surface area (Å²) < 4.78 is 0. The monoisotopic (exact) mass is 230 g/mol. The van der Waals surface area contributed by atoms with Crippen molar-refractivity contribution in [2.24, 2.45) is 0 Å². The predicted octanol–water partition coefficient (Wildman–Crippen LogP) is 1.90. The van der Waals surface area contributed by atoms with E-state index in [4.69, 9.17) is 0 Å². The van der Waals surface area contributed by atoms with Gasteiger partial charge in [-0.1, -0.05) is 23.5 Å². The van der Waals surface area contributed by atoms with Crippen LogP contribution in [0.4, 0.5) is 0 Å². The summed E-state index contributed by atoms with van der Waals surface area (Å²) in [5, 5.41) is 0. The maximum atomic E-state index is 3.30. The highest BCUT2D eigenvalue weighted by Gasteiger charge is 2.11. The van der Waals surface area contributed by atoms with Crippen molar-refractivity contribution in [1.29, 1.82) is 0 Å². The highest BCUT2D eigenvalue weighted by atomic mass is 15.2. The summed E-state index contributed by atoms with van der Waals surface area (Å²) in [4.78, 5) is 4.81. The van der Waals surface area contributed by atoms with Crippen LogP contribution in [0.3, 0.4) is 0 Å². The van der Waals surface area contributed by atoms with Crippen molar-refractivity contribution >= 4 is 0 Å².